The molecule has 1 fully saturated rings. The monoisotopic (exact) mass is 407 g/mol. The van der Waals surface area contributed by atoms with Crippen LogP contribution in [0.5, 0.6) is 0 Å². The average molecular weight is 408 g/mol. The summed E-state index contributed by atoms with van der Waals surface area (Å²) in [4.78, 5) is 4.65. The average Bonchev–Trinajstić information content (AvgIpc) is 3.04. The van der Waals surface area contributed by atoms with Crippen molar-refractivity contribution in [2.24, 2.45) is 0 Å². The lowest BCUT2D eigenvalue weighted by atomic mass is 10.1. The number of nitrogens with zero attached hydrogens (tertiary/aromatic N) is 5. The van der Waals surface area contributed by atoms with E-state index in [0.29, 0.717) is 6.67 Å². The lowest BCUT2D eigenvalue weighted by Crippen LogP contribution is -2.47. The Kier molecular flexibility index (Phi) is 4.56. The smallest absolute Gasteiger partial charge is 0.204 e. The molecule has 5 nitrogen and oxygen atoms in total. The van der Waals surface area contributed by atoms with Crippen molar-refractivity contribution in [3.63, 3.8) is 0 Å². The fourth-order valence-electron chi connectivity index (χ4n) is 4.10. The number of rotatable bonds is 3. The van der Waals surface area contributed by atoms with Gasteiger partial charge in [-0.05, 0) is 61.1 Å². The zero-order valence-electron chi connectivity index (χ0n) is 16.3. The number of anilines is 1. The van der Waals surface area contributed by atoms with Crippen LogP contribution >= 0.6 is 12.2 Å². The van der Waals surface area contributed by atoms with E-state index in [2.05, 4.69) is 45.4 Å². The highest BCUT2D eigenvalue weighted by atomic mass is 32.1. The molecule has 1 aliphatic rings. The molecule has 0 aliphatic carbocycles. The van der Waals surface area contributed by atoms with Crippen molar-refractivity contribution in [1.29, 1.82) is 0 Å². The molecule has 0 radical (unpaired) electrons. The van der Waals surface area contributed by atoms with Crippen molar-refractivity contribution in [2.45, 2.75) is 13.6 Å². The Balaban J connectivity index is 1.37. The number of aromatic nitrogens is 3. The maximum absolute atomic E-state index is 13.2. The molecular formula is C22H22FN5S. The zero-order valence-corrected chi connectivity index (χ0v) is 17.1. The maximum Gasteiger partial charge on any atom is 0.204 e. The highest BCUT2D eigenvalue weighted by Gasteiger charge is 2.19. The molecule has 7 heteroatoms. The molecule has 29 heavy (non-hydrogen) atoms. The van der Waals surface area contributed by atoms with E-state index < -0.39 is 0 Å². The molecule has 0 bridgehead atoms. The first-order valence-electron chi connectivity index (χ1n) is 9.81. The number of piperazine rings is 1. The molecule has 5 rings (SSSR count). The third kappa shape index (κ3) is 3.30. The maximum atomic E-state index is 13.2. The van der Waals surface area contributed by atoms with Gasteiger partial charge in [-0.15, -0.1) is 0 Å². The third-order valence-corrected chi connectivity index (χ3v) is 6.07. The number of halogens is 1. The number of hydrogen-bond donors (Lipinski definition) is 0. The number of hydrogen-bond acceptors (Lipinski definition) is 4. The van der Waals surface area contributed by atoms with Gasteiger partial charge >= 0.3 is 0 Å². The summed E-state index contributed by atoms with van der Waals surface area (Å²) < 4.78 is 17.9. The highest BCUT2D eigenvalue weighted by molar-refractivity contribution is 7.71. The zero-order chi connectivity index (χ0) is 20.0. The van der Waals surface area contributed by atoms with Crippen LogP contribution in [0.25, 0.3) is 16.6 Å². The molecule has 0 atom stereocenters. The second-order valence-corrected chi connectivity index (χ2v) is 7.91. The Morgan fingerprint density at radius 3 is 2.48 bits per heavy atom. The largest absolute Gasteiger partial charge is 0.369 e. The van der Waals surface area contributed by atoms with E-state index in [4.69, 9.17) is 17.3 Å². The highest BCUT2D eigenvalue weighted by Crippen LogP contribution is 2.22. The Labute approximate surface area is 173 Å². The van der Waals surface area contributed by atoms with E-state index in [1.54, 1.807) is 0 Å². The third-order valence-electron chi connectivity index (χ3n) is 5.68. The molecule has 1 aliphatic heterocycles. The minimum Gasteiger partial charge on any atom is -0.369 e. The number of aryl methyl sites for hydroxylation is 1. The Morgan fingerprint density at radius 1 is 1.00 bits per heavy atom. The van der Waals surface area contributed by atoms with Crippen molar-refractivity contribution in [3.8, 4) is 0 Å². The minimum atomic E-state index is -0.198. The second kappa shape index (κ2) is 7.24. The molecule has 0 N–H and O–H groups in total. The van der Waals surface area contributed by atoms with Crippen molar-refractivity contribution in [1.82, 2.24) is 19.1 Å². The first-order valence-corrected chi connectivity index (χ1v) is 10.2. The Bertz CT molecular complexity index is 1240. The van der Waals surface area contributed by atoms with Crippen LogP contribution < -0.4 is 4.90 Å². The molecule has 2 aromatic heterocycles. The molecule has 3 heterocycles. The van der Waals surface area contributed by atoms with E-state index in [1.165, 1.54) is 23.1 Å². The summed E-state index contributed by atoms with van der Waals surface area (Å²) in [6, 6.07) is 17.1. The standard InChI is InChI=1S/C22H22FN5S/c1-16-14-21-24-27(22(29)28(21)20-5-3-2-4-19(16)20)15-25-10-12-26(13-11-25)18-8-6-17(23)7-9-18/h2-9,14H,10-13,15H2,1H3. The summed E-state index contributed by atoms with van der Waals surface area (Å²) in [7, 11) is 0. The number of pyridine rings is 1. The summed E-state index contributed by atoms with van der Waals surface area (Å²) in [5.74, 6) is -0.198. The van der Waals surface area contributed by atoms with Gasteiger partial charge in [0.15, 0.2) is 5.65 Å². The van der Waals surface area contributed by atoms with Crippen molar-refractivity contribution in [2.75, 3.05) is 31.1 Å². The van der Waals surface area contributed by atoms with Gasteiger partial charge in [-0.25, -0.2) is 9.07 Å². The fraction of sp³-hybridized carbons (Fsp3) is 0.273. The van der Waals surface area contributed by atoms with Crippen LogP contribution in [-0.4, -0.2) is 45.3 Å². The number of benzene rings is 2. The molecular weight excluding hydrogens is 385 g/mol. The lowest BCUT2D eigenvalue weighted by molar-refractivity contribution is 0.195. The Morgan fingerprint density at radius 2 is 1.72 bits per heavy atom. The van der Waals surface area contributed by atoms with Crippen LogP contribution in [-0.2, 0) is 6.67 Å². The van der Waals surface area contributed by atoms with Crippen LogP contribution in [0.4, 0.5) is 10.1 Å². The molecule has 0 spiro atoms. The van der Waals surface area contributed by atoms with Gasteiger partial charge in [-0.3, -0.25) is 9.30 Å². The van der Waals surface area contributed by atoms with E-state index >= 15 is 0 Å². The quantitative estimate of drug-likeness (QED) is 0.475. The molecule has 0 amide bonds. The summed E-state index contributed by atoms with van der Waals surface area (Å²) in [5.41, 5.74) is 4.25. The first kappa shape index (κ1) is 18.3. The molecule has 4 aromatic rings. The molecule has 1 saturated heterocycles. The van der Waals surface area contributed by atoms with Crippen LogP contribution in [0.15, 0.2) is 54.6 Å². The molecule has 148 valence electrons. The van der Waals surface area contributed by atoms with Gasteiger partial charge in [0.2, 0.25) is 4.77 Å². The number of fused-ring (bicyclic) bond motifs is 3. The predicted molar refractivity (Wildman–Crippen MR) is 116 cm³/mol. The van der Waals surface area contributed by atoms with Gasteiger partial charge < -0.3 is 4.90 Å². The van der Waals surface area contributed by atoms with Gasteiger partial charge in [-0.1, -0.05) is 18.2 Å². The van der Waals surface area contributed by atoms with Gasteiger partial charge in [-0.2, -0.15) is 5.10 Å². The number of para-hydroxylation sites is 1. The van der Waals surface area contributed by atoms with Gasteiger partial charge in [0, 0.05) is 37.3 Å². The van der Waals surface area contributed by atoms with E-state index in [-0.39, 0.29) is 5.82 Å². The summed E-state index contributed by atoms with van der Waals surface area (Å²) in [6.07, 6.45) is 0. The van der Waals surface area contributed by atoms with E-state index in [9.17, 15) is 4.39 Å². The topological polar surface area (TPSA) is 28.7 Å². The van der Waals surface area contributed by atoms with Crippen molar-refractivity contribution >= 4 is 34.5 Å². The Hall–Kier alpha value is -2.77. The normalized spacial score (nSPS) is 15.4. The second-order valence-electron chi connectivity index (χ2n) is 7.54. The minimum absolute atomic E-state index is 0.198. The summed E-state index contributed by atoms with van der Waals surface area (Å²) >= 11 is 5.77. The van der Waals surface area contributed by atoms with E-state index in [0.717, 1.165) is 47.8 Å². The van der Waals surface area contributed by atoms with E-state index in [1.807, 2.05) is 22.9 Å². The van der Waals surface area contributed by atoms with Crippen molar-refractivity contribution in [3.05, 3.63) is 70.7 Å². The SMILES string of the molecule is Cc1cc2nn(CN3CCN(c4ccc(F)cc4)CC3)c(=S)n2c2ccccc12. The molecule has 2 aromatic carbocycles. The van der Waals surface area contributed by atoms with Gasteiger partial charge in [0.25, 0.3) is 0 Å². The fourth-order valence-corrected chi connectivity index (χ4v) is 4.39. The van der Waals surface area contributed by atoms with Crippen LogP contribution in [0.2, 0.25) is 0 Å². The molecule has 0 unspecified atom stereocenters. The van der Waals surface area contributed by atoms with Gasteiger partial charge in [0.05, 0.1) is 12.2 Å². The van der Waals surface area contributed by atoms with Gasteiger partial charge in [0.1, 0.15) is 5.82 Å². The van der Waals surface area contributed by atoms with Crippen LogP contribution in [0.1, 0.15) is 5.56 Å². The first-order chi connectivity index (χ1) is 14.1. The lowest BCUT2D eigenvalue weighted by Gasteiger charge is -2.35. The summed E-state index contributed by atoms with van der Waals surface area (Å²) in [5, 5.41) is 5.98. The summed E-state index contributed by atoms with van der Waals surface area (Å²) in [6.45, 7) is 6.40. The molecule has 0 saturated carbocycles. The predicted octanol–water partition coefficient (Wildman–Crippen LogP) is 4.25. The van der Waals surface area contributed by atoms with Crippen LogP contribution in [0.3, 0.4) is 0 Å². The van der Waals surface area contributed by atoms with Crippen molar-refractivity contribution < 1.29 is 4.39 Å². The van der Waals surface area contributed by atoms with Crippen LogP contribution in [0, 0.1) is 17.5 Å².